The third-order valence-electron chi connectivity index (χ3n) is 2.05. The maximum atomic E-state index is 11.7. The van der Waals surface area contributed by atoms with Crippen LogP contribution >= 0.6 is 23.2 Å². The Morgan fingerprint density at radius 3 is 2.53 bits per heavy atom. The second-order valence-electron chi connectivity index (χ2n) is 3.83. The largest absolute Gasteiger partial charge is 0.468 e. The van der Waals surface area contributed by atoms with E-state index in [0.717, 1.165) is 0 Å². The van der Waals surface area contributed by atoms with Crippen LogP contribution in [0, 0.1) is 0 Å². The fourth-order valence-corrected chi connectivity index (χ4v) is 1.75. The Kier molecular flexibility index (Phi) is 2.32. The molecule has 0 unspecified atom stereocenters. The van der Waals surface area contributed by atoms with Crippen LogP contribution in [0.25, 0.3) is 0 Å². The quantitative estimate of drug-likeness (QED) is 0.764. The fraction of sp³-hybridized carbons (Fsp3) is 0.300. The predicted octanol–water partition coefficient (Wildman–Crippen LogP) is 2.85. The van der Waals surface area contributed by atoms with E-state index in [9.17, 15) is 4.79 Å². The molecule has 0 radical (unpaired) electrons. The van der Waals surface area contributed by atoms with Gasteiger partial charge in [0.05, 0.1) is 15.6 Å². The zero-order valence-electron chi connectivity index (χ0n) is 8.23. The SMILES string of the molecule is CC1(C)NC(=O)c2cc(Cl)c(Cl)cc2O1. The molecule has 80 valence electrons. The molecule has 1 N–H and O–H groups in total. The van der Waals surface area contributed by atoms with Gasteiger partial charge < -0.3 is 10.1 Å². The molecule has 0 saturated heterocycles. The number of benzene rings is 1. The van der Waals surface area contributed by atoms with Gasteiger partial charge in [0.1, 0.15) is 5.75 Å². The lowest BCUT2D eigenvalue weighted by molar-refractivity contribution is 0.0433. The van der Waals surface area contributed by atoms with E-state index in [1.54, 1.807) is 19.9 Å². The molecule has 5 heteroatoms. The second-order valence-corrected chi connectivity index (χ2v) is 4.64. The van der Waals surface area contributed by atoms with Gasteiger partial charge in [0.2, 0.25) is 0 Å². The van der Waals surface area contributed by atoms with Crippen LogP contribution in [0.5, 0.6) is 5.75 Å². The molecule has 1 amide bonds. The Balaban J connectivity index is 2.56. The molecule has 1 aliphatic rings. The summed E-state index contributed by atoms with van der Waals surface area (Å²) in [5, 5.41) is 3.41. The second kappa shape index (κ2) is 3.29. The van der Waals surface area contributed by atoms with Gasteiger partial charge in [0, 0.05) is 6.07 Å². The third-order valence-corrected chi connectivity index (χ3v) is 2.77. The van der Waals surface area contributed by atoms with Crippen LogP contribution < -0.4 is 10.1 Å². The summed E-state index contributed by atoms with van der Waals surface area (Å²) in [7, 11) is 0. The standard InChI is InChI=1S/C10H9Cl2NO2/c1-10(2)13-9(14)5-3-6(11)7(12)4-8(5)15-10/h3-4H,1-2H3,(H,13,14). The van der Waals surface area contributed by atoms with E-state index in [1.165, 1.54) is 6.07 Å². The highest BCUT2D eigenvalue weighted by molar-refractivity contribution is 6.42. The maximum Gasteiger partial charge on any atom is 0.258 e. The van der Waals surface area contributed by atoms with Crippen molar-refractivity contribution >= 4 is 29.1 Å². The molecule has 0 spiro atoms. The maximum absolute atomic E-state index is 11.7. The first kappa shape index (κ1) is 10.6. The van der Waals surface area contributed by atoms with Gasteiger partial charge in [-0.3, -0.25) is 4.79 Å². The number of fused-ring (bicyclic) bond motifs is 1. The van der Waals surface area contributed by atoms with E-state index in [0.29, 0.717) is 21.4 Å². The molecular formula is C10H9Cl2NO2. The summed E-state index contributed by atoms with van der Waals surface area (Å²) >= 11 is 11.7. The number of hydrogen-bond donors (Lipinski definition) is 1. The number of amides is 1. The highest BCUT2D eigenvalue weighted by atomic mass is 35.5. The Hall–Kier alpha value is -0.930. The molecule has 0 bridgehead atoms. The van der Waals surface area contributed by atoms with E-state index in [1.807, 2.05) is 0 Å². The van der Waals surface area contributed by atoms with E-state index in [4.69, 9.17) is 27.9 Å². The monoisotopic (exact) mass is 245 g/mol. The minimum Gasteiger partial charge on any atom is -0.468 e. The topological polar surface area (TPSA) is 38.3 Å². The number of hydrogen-bond acceptors (Lipinski definition) is 2. The molecule has 0 fully saturated rings. The van der Waals surface area contributed by atoms with Crippen molar-refractivity contribution in [2.75, 3.05) is 0 Å². The highest BCUT2D eigenvalue weighted by Gasteiger charge is 2.31. The number of carbonyl (C=O) groups is 1. The van der Waals surface area contributed by atoms with Gasteiger partial charge in [-0.1, -0.05) is 23.2 Å². The first-order valence-electron chi connectivity index (χ1n) is 4.40. The Labute approximate surface area is 97.3 Å². The summed E-state index contributed by atoms with van der Waals surface area (Å²) in [6, 6.07) is 3.06. The van der Waals surface area contributed by atoms with Crippen LogP contribution in [0.4, 0.5) is 0 Å². The zero-order chi connectivity index (χ0) is 11.2. The lowest BCUT2D eigenvalue weighted by Crippen LogP contribution is -2.51. The van der Waals surface area contributed by atoms with E-state index in [2.05, 4.69) is 5.32 Å². The van der Waals surface area contributed by atoms with Crippen molar-refractivity contribution in [3.63, 3.8) is 0 Å². The van der Waals surface area contributed by atoms with Gasteiger partial charge in [-0.05, 0) is 19.9 Å². The summed E-state index contributed by atoms with van der Waals surface area (Å²) < 4.78 is 5.55. The van der Waals surface area contributed by atoms with Crippen molar-refractivity contribution in [2.45, 2.75) is 19.6 Å². The summed E-state index contributed by atoms with van der Waals surface area (Å²) in [6.07, 6.45) is 0. The highest BCUT2D eigenvalue weighted by Crippen LogP contribution is 2.34. The molecule has 0 saturated carbocycles. The van der Waals surface area contributed by atoms with E-state index in [-0.39, 0.29) is 5.91 Å². The molecule has 0 atom stereocenters. The van der Waals surface area contributed by atoms with Crippen molar-refractivity contribution in [1.82, 2.24) is 5.32 Å². The van der Waals surface area contributed by atoms with Crippen molar-refractivity contribution in [2.24, 2.45) is 0 Å². The number of ether oxygens (including phenoxy) is 1. The normalized spacial score (nSPS) is 17.7. The van der Waals surface area contributed by atoms with Crippen LogP contribution in [0.3, 0.4) is 0 Å². The molecule has 0 aromatic heterocycles. The minimum atomic E-state index is -0.721. The molecule has 0 aliphatic carbocycles. The number of halogens is 2. The molecule has 2 rings (SSSR count). The minimum absolute atomic E-state index is 0.209. The van der Waals surface area contributed by atoms with Gasteiger partial charge in [0.15, 0.2) is 5.72 Å². The van der Waals surface area contributed by atoms with E-state index < -0.39 is 5.72 Å². The molecule has 1 aromatic carbocycles. The molecule has 15 heavy (non-hydrogen) atoms. The zero-order valence-corrected chi connectivity index (χ0v) is 9.74. The van der Waals surface area contributed by atoms with Gasteiger partial charge in [-0.25, -0.2) is 0 Å². The van der Waals surface area contributed by atoms with Gasteiger partial charge in [-0.15, -0.1) is 0 Å². The molecular weight excluding hydrogens is 237 g/mol. The molecule has 3 nitrogen and oxygen atoms in total. The third kappa shape index (κ3) is 1.90. The first-order valence-corrected chi connectivity index (χ1v) is 5.15. The lowest BCUT2D eigenvalue weighted by Gasteiger charge is -2.33. The smallest absolute Gasteiger partial charge is 0.258 e. The summed E-state index contributed by atoms with van der Waals surface area (Å²) in [4.78, 5) is 11.7. The summed E-state index contributed by atoms with van der Waals surface area (Å²) in [5.74, 6) is 0.248. The van der Waals surface area contributed by atoms with Crippen LogP contribution in [-0.2, 0) is 0 Å². The predicted molar refractivity (Wildman–Crippen MR) is 58.6 cm³/mol. The Morgan fingerprint density at radius 1 is 1.27 bits per heavy atom. The lowest BCUT2D eigenvalue weighted by atomic mass is 10.1. The van der Waals surface area contributed by atoms with Gasteiger partial charge in [-0.2, -0.15) is 0 Å². The molecule has 1 aromatic rings. The first-order chi connectivity index (χ1) is 6.89. The van der Waals surface area contributed by atoms with Crippen molar-refractivity contribution in [3.05, 3.63) is 27.7 Å². The number of carbonyl (C=O) groups excluding carboxylic acids is 1. The van der Waals surface area contributed by atoms with Gasteiger partial charge in [0.25, 0.3) is 5.91 Å². The molecule has 1 heterocycles. The van der Waals surface area contributed by atoms with E-state index >= 15 is 0 Å². The van der Waals surface area contributed by atoms with Crippen LogP contribution in [0.15, 0.2) is 12.1 Å². The van der Waals surface area contributed by atoms with Crippen molar-refractivity contribution < 1.29 is 9.53 Å². The number of rotatable bonds is 0. The van der Waals surface area contributed by atoms with Crippen LogP contribution in [0.1, 0.15) is 24.2 Å². The average molecular weight is 246 g/mol. The van der Waals surface area contributed by atoms with Gasteiger partial charge >= 0.3 is 0 Å². The summed E-state index contributed by atoms with van der Waals surface area (Å²) in [5.41, 5.74) is -0.315. The summed E-state index contributed by atoms with van der Waals surface area (Å²) in [6.45, 7) is 3.52. The Morgan fingerprint density at radius 2 is 1.87 bits per heavy atom. The van der Waals surface area contributed by atoms with Crippen molar-refractivity contribution in [3.8, 4) is 5.75 Å². The van der Waals surface area contributed by atoms with Crippen molar-refractivity contribution in [1.29, 1.82) is 0 Å². The number of nitrogens with one attached hydrogen (secondary N) is 1. The van der Waals surface area contributed by atoms with Crippen LogP contribution in [0.2, 0.25) is 10.0 Å². The molecule has 1 aliphatic heterocycles. The fourth-order valence-electron chi connectivity index (χ4n) is 1.43. The van der Waals surface area contributed by atoms with Crippen LogP contribution in [-0.4, -0.2) is 11.6 Å². The average Bonchev–Trinajstić information content (AvgIpc) is 2.07. The Bertz CT molecular complexity index is 443.